The lowest BCUT2D eigenvalue weighted by molar-refractivity contribution is 0.161. The highest BCUT2D eigenvalue weighted by molar-refractivity contribution is 5.19. The number of hydrogen-bond donors (Lipinski definition) is 2. The van der Waals surface area contributed by atoms with Crippen molar-refractivity contribution in [1.82, 2.24) is 4.90 Å². The lowest BCUT2D eigenvalue weighted by Gasteiger charge is -2.26. The van der Waals surface area contributed by atoms with Gasteiger partial charge in [-0.25, -0.2) is 4.39 Å². The maximum Gasteiger partial charge on any atom is 0.123 e. The predicted molar refractivity (Wildman–Crippen MR) is 71.7 cm³/mol. The highest BCUT2D eigenvalue weighted by Crippen LogP contribution is 2.16. The van der Waals surface area contributed by atoms with E-state index in [0.717, 1.165) is 18.5 Å². The van der Waals surface area contributed by atoms with Gasteiger partial charge in [0, 0.05) is 25.2 Å². The standard InChI is InChI=1S/C14H23FN2O/c1-11(2)17(8-9-18)7-6-14(16)12-4-3-5-13(15)10-12/h3-5,10-11,14,18H,6-9,16H2,1-2H3. The van der Waals surface area contributed by atoms with Crippen LogP contribution in [0.15, 0.2) is 24.3 Å². The van der Waals surface area contributed by atoms with E-state index in [1.54, 1.807) is 6.07 Å². The van der Waals surface area contributed by atoms with E-state index in [1.807, 2.05) is 6.07 Å². The third kappa shape index (κ3) is 4.72. The van der Waals surface area contributed by atoms with Gasteiger partial charge in [0.25, 0.3) is 0 Å². The lowest BCUT2D eigenvalue weighted by Crippen LogP contribution is -2.35. The SMILES string of the molecule is CC(C)N(CCO)CCC(N)c1cccc(F)c1. The first-order valence-electron chi connectivity index (χ1n) is 6.40. The predicted octanol–water partition coefficient (Wildman–Crippen LogP) is 1.92. The molecule has 0 fully saturated rings. The summed E-state index contributed by atoms with van der Waals surface area (Å²) in [5.41, 5.74) is 6.87. The molecule has 0 spiro atoms. The number of rotatable bonds is 7. The zero-order valence-corrected chi connectivity index (χ0v) is 11.1. The van der Waals surface area contributed by atoms with Gasteiger partial charge in [0.1, 0.15) is 5.82 Å². The van der Waals surface area contributed by atoms with E-state index in [2.05, 4.69) is 18.7 Å². The number of benzene rings is 1. The van der Waals surface area contributed by atoms with Gasteiger partial charge in [-0.2, -0.15) is 0 Å². The van der Waals surface area contributed by atoms with Gasteiger partial charge in [-0.05, 0) is 38.0 Å². The Hall–Kier alpha value is -0.970. The third-order valence-electron chi connectivity index (χ3n) is 3.12. The molecule has 1 aromatic rings. The number of nitrogens with zero attached hydrogens (tertiary/aromatic N) is 1. The van der Waals surface area contributed by atoms with E-state index < -0.39 is 0 Å². The van der Waals surface area contributed by atoms with E-state index in [1.165, 1.54) is 12.1 Å². The second-order valence-electron chi connectivity index (χ2n) is 4.80. The van der Waals surface area contributed by atoms with Gasteiger partial charge in [-0.3, -0.25) is 4.90 Å². The van der Waals surface area contributed by atoms with Crippen LogP contribution in [0.5, 0.6) is 0 Å². The number of hydrogen-bond acceptors (Lipinski definition) is 3. The topological polar surface area (TPSA) is 49.5 Å². The molecule has 0 bridgehead atoms. The highest BCUT2D eigenvalue weighted by atomic mass is 19.1. The van der Waals surface area contributed by atoms with Gasteiger partial charge in [0.05, 0.1) is 6.61 Å². The van der Waals surface area contributed by atoms with E-state index in [-0.39, 0.29) is 18.5 Å². The summed E-state index contributed by atoms with van der Waals surface area (Å²) in [5.74, 6) is -0.251. The first kappa shape index (κ1) is 15.1. The minimum absolute atomic E-state index is 0.146. The summed E-state index contributed by atoms with van der Waals surface area (Å²) >= 11 is 0. The Morgan fingerprint density at radius 2 is 2.06 bits per heavy atom. The minimum atomic E-state index is -0.251. The second kappa shape index (κ2) is 7.46. The Labute approximate surface area is 108 Å². The molecule has 0 saturated heterocycles. The molecule has 1 unspecified atom stereocenters. The van der Waals surface area contributed by atoms with Crippen LogP contribution in [0.1, 0.15) is 31.9 Å². The van der Waals surface area contributed by atoms with Crippen molar-refractivity contribution in [2.45, 2.75) is 32.4 Å². The number of aliphatic hydroxyl groups excluding tert-OH is 1. The van der Waals surface area contributed by atoms with Gasteiger partial charge in [0.2, 0.25) is 0 Å². The van der Waals surface area contributed by atoms with E-state index >= 15 is 0 Å². The van der Waals surface area contributed by atoms with Crippen LogP contribution in [0.4, 0.5) is 4.39 Å². The van der Waals surface area contributed by atoms with Crippen LogP contribution in [0, 0.1) is 5.82 Å². The maximum absolute atomic E-state index is 13.1. The van der Waals surface area contributed by atoms with Crippen molar-refractivity contribution in [2.75, 3.05) is 19.7 Å². The van der Waals surface area contributed by atoms with Gasteiger partial charge >= 0.3 is 0 Å². The minimum Gasteiger partial charge on any atom is -0.395 e. The molecule has 0 aromatic heterocycles. The summed E-state index contributed by atoms with van der Waals surface area (Å²) in [7, 11) is 0. The Kier molecular flexibility index (Phi) is 6.25. The maximum atomic E-state index is 13.1. The molecule has 3 nitrogen and oxygen atoms in total. The Balaban J connectivity index is 2.51. The van der Waals surface area contributed by atoms with Crippen molar-refractivity contribution < 1.29 is 9.50 Å². The molecule has 102 valence electrons. The molecule has 0 aliphatic rings. The van der Waals surface area contributed by atoms with Crippen molar-refractivity contribution in [1.29, 1.82) is 0 Å². The number of halogens is 1. The molecule has 0 aliphatic carbocycles. The summed E-state index contributed by atoms with van der Waals surface area (Å²) in [5, 5.41) is 8.98. The molecule has 1 aromatic carbocycles. The number of nitrogens with two attached hydrogens (primary N) is 1. The number of aliphatic hydroxyl groups is 1. The summed E-state index contributed by atoms with van der Waals surface area (Å²) in [6.45, 7) is 5.77. The van der Waals surface area contributed by atoms with Gasteiger partial charge in [-0.1, -0.05) is 12.1 Å². The van der Waals surface area contributed by atoms with E-state index in [0.29, 0.717) is 12.6 Å². The fourth-order valence-corrected chi connectivity index (χ4v) is 1.97. The van der Waals surface area contributed by atoms with Crippen LogP contribution in [0.3, 0.4) is 0 Å². The molecule has 18 heavy (non-hydrogen) atoms. The molecule has 0 amide bonds. The van der Waals surface area contributed by atoms with Gasteiger partial charge in [0.15, 0.2) is 0 Å². The molecular formula is C14H23FN2O. The van der Waals surface area contributed by atoms with E-state index in [9.17, 15) is 4.39 Å². The van der Waals surface area contributed by atoms with Crippen LogP contribution < -0.4 is 5.73 Å². The monoisotopic (exact) mass is 254 g/mol. The molecule has 0 radical (unpaired) electrons. The van der Waals surface area contributed by atoms with Crippen molar-refractivity contribution in [3.8, 4) is 0 Å². The van der Waals surface area contributed by atoms with Crippen molar-refractivity contribution in [2.24, 2.45) is 5.73 Å². The lowest BCUT2D eigenvalue weighted by atomic mass is 10.0. The van der Waals surface area contributed by atoms with Crippen LogP contribution in [0.25, 0.3) is 0 Å². The van der Waals surface area contributed by atoms with Gasteiger partial charge in [-0.15, -0.1) is 0 Å². The molecule has 4 heteroatoms. The fraction of sp³-hybridized carbons (Fsp3) is 0.571. The summed E-state index contributed by atoms with van der Waals surface area (Å²) < 4.78 is 13.1. The smallest absolute Gasteiger partial charge is 0.123 e. The Morgan fingerprint density at radius 3 is 2.61 bits per heavy atom. The van der Waals surface area contributed by atoms with Crippen molar-refractivity contribution in [3.05, 3.63) is 35.6 Å². The van der Waals surface area contributed by atoms with Crippen LogP contribution in [0.2, 0.25) is 0 Å². The normalized spacial score (nSPS) is 13.3. The third-order valence-corrected chi connectivity index (χ3v) is 3.12. The molecule has 0 heterocycles. The Morgan fingerprint density at radius 1 is 1.33 bits per heavy atom. The van der Waals surface area contributed by atoms with Crippen LogP contribution in [-0.4, -0.2) is 35.7 Å². The summed E-state index contributed by atoms with van der Waals surface area (Å²) in [6, 6.07) is 6.63. The fourth-order valence-electron chi connectivity index (χ4n) is 1.97. The van der Waals surface area contributed by atoms with Gasteiger partial charge < -0.3 is 10.8 Å². The second-order valence-corrected chi connectivity index (χ2v) is 4.80. The summed E-state index contributed by atoms with van der Waals surface area (Å²) in [4.78, 5) is 2.17. The quantitative estimate of drug-likeness (QED) is 0.781. The largest absolute Gasteiger partial charge is 0.395 e. The van der Waals surface area contributed by atoms with E-state index in [4.69, 9.17) is 10.8 Å². The molecule has 1 rings (SSSR count). The van der Waals surface area contributed by atoms with Crippen LogP contribution in [-0.2, 0) is 0 Å². The molecule has 3 N–H and O–H groups in total. The molecule has 0 aliphatic heterocycles. The van der Waals surface area contributed by atoms with Crippen LogP contribution >= 0.6 is 0 Å². The average molecular weight is 254 g/mol. The van der Waals surface area contributed by atoms with Crippen molar-refractivity contribution >= 4 is 0 Å². The zero-order valence-electron chi connectivity index (χ0n) is 11.1. The zero-order chi connectivity index (χ0) is 13.5. The average Bonchev–Trinajstić information content (AvgIpc) is 2.33. The molecule has 0 saturated carbocycles. The first-order chi connectivity index (χ1) is 8.54. The molecule has 1 atom stereocenters. The molecular weight excluding hydrogens is 231 g/mol. The van der Waals surface area contributed by atoms with Crippen molar-refractivity contribution in [3.63, 3.8) is 0 Å². The Bertz CT molecular complexity index is 357. The highest BCUT2D eigenvalue weighted by Gasteiger charge is 2.12. The summed E-state index contributed by atoms with van der Waals surface area (Å²) in [6.07, 6.45) is 0.752. The first-order valence-corrected chi connectivity index (χ1v) is 6.40.